The molecular weight excluding hydrogens is 350 g/mol. The summed E-state index contributed by atoms with van der Waals surface area (Å²) in [5.74, 6) is -3.16. The molecule has 1 aliphatic rings. The molecule has 0 aromatic carbocycles. The van der Waals surface area contributed by atoms with Gasteiger partial charge in [-0.15, -0.1) is 0 Å². The number of pyridine rings is 1. The van der Waals surface area contributed by atoms with Gasteiger partial charge in [-0.05, 0) is 11.6 Å². The Bertz CT molecular complexity index is 887. The zero-order valence-electron chi connectivity index (χ0n) is 15.8. The van der Waals surface area contributed by atoms with Crippen molar-refractivity contribution in [1.82, 2.24) is 19.4 Å². The molecule has 27 heavy (non-hydrogen) atoms. The van der Waals surface area contributed by atoms with Gasteiger partial charge in [-0.3, -0.25) is 24.4 Å². The van der Waals surface area contributed by atoms with Crippen molar-refractivity contribution in [2.45, 2.75) is 19.8 Å². The number of rotatable bonds is 3. The third kappa shape index (κ3) is 2.66. The van der Waals surface area contributed by atoms with Gasteiger partial charge < -0.3 is 5.21 Å². The van der Waals surface area contributed by atoms with Crippen LogP contribution in [0.5, 0.6) is 0 Å². The van der Waals surface area contributed by atoms with E-state index in [-0.39, 0.29) is 5.82 Å². The Balaban J connectivity index is 2.27. The van der Waals surface area contributed by atoms with Crippen molar-refractivity contribution in [2.75, 3.05) is 14.1 Å². The number of amides is 4. The lowest BCUT2D eigenvalue weighted by molar-refractivity contribution is -0.621. The topological polar surface area (TPSA) is 102 Å². The number of barbiturate groups is 1. The largest absolute Gasteiger partial charge is 0.711 e. The summed E-state index contributed by atoms with van der Waals surface area (Å²) in [4.78, 5) is 43.8. The van der Waals surface area contributed by atoms with Crippen LogP contribution in [0.4, 0.5) is 4.79 Å². The number of carbonyl (C=O) groups is 3. The highest BCUT2D eigenvalue weighted by Crippen LogP contribution is 2.35. The summed E-state index contributed by atoms with van der Waals surface area (Å²) in [6.45, 7) is 3.47. The number of carbonyl (C=O) groups excluding carboxylic acids is 3. The molecule has 0 bridgehead atoms. The molecule has 1 atom stereocenters. The minimum Gasteiger partial charge on any atom is -0.711 e. The van der Waals surface area contributed by atoms with Gasteiger partial charge in [0.25, 0.3) is 5.82 Å². The minimum absolute atomic E-state index is 0.251. The summed E-state index contributed by atoms with van der Waals surface area (Å²) in [6, 6.07) is 2.70. The quantitative estimate of drug-likeness (QED) is 0.443. The van der Waals surface area contributed by atoms with Crippen molar-refractivity contribution in [1.29, 1.82) is 0 Å². The van der Waals surface area contributed by atoms with Crippen molar-refractivity contribution >= 4 is 17.8 Å². The monoisotopic (exact) mass is 371 g/mol. The van der Waals surface area contributed by atoms with E-state index in [2.05, 4.69) is 4.98 Å². The molecule has 0 unspecified atom stereocenters. The van der Waals surface area contributed by atoms with Crippen LogP contribution in [0.25, 0.3) is 0 Å². The van der Waals surface area contributed by atoms with Crippen LogP contribution in [0.3, 0.4) is 0 Å². The van der Waals surface area contributed by atoms with E-state index < -0.39 is 29.7 Å². The van der Waals surface area contributed by atoms with Crippen LogP contribution in [0.15, 0.2) is 24.5 Å². The molecule has 9 heteroatoms. The molecule has 3 heterocycles. The van der Waals surface area contributed by atoms with Crippen LogP contribution >= 0.6 is 0 Å². The fraction of sp³-hybridized carbons (Fsp3) is 0.389. The van der Waals surface area contributed by atoms with Gasteiger partial charge in [0, 0.05) is 40.3 Å². The van der Waals surface area contributed by atoms with Crippen molar-refractivity contribution in [2.24, 2.45) is 13.0 Å². The Morgan fingerprint density at radius 3 is 2.15 bits per heavy atom. The Kier molecular flexibility index (Phi) is 4.46. The first-order valence-corrected chi connectivity index (χ1v) is 8.42. The normalized spacial score (nSPS) is 17.0. The van der Waals surface area contributed by atoms with Gasteiger partial charge >= 0.3 is 6.03 Å². The summed E-state index contributed by atoms with van der Waals surface area (Å²) in [6.07, 6.45) is 3.10. The van der Waals surface area contributed by atoms with Gasteiger partial charge in [-0.1, -0.05) is 6.07 Å². The maximum Gasteiger partial charge on any atom is 0.332 e. The zero-order valence-corrected chi connectivity index (χ0v) is 15.8. The number of hydrogen-bond acceptors (Lipinski definition) is 5. The predicted octanol–water partition coefficient (Wildman–Crippen LogP) is 0.469. The number of nitrogens with zero attached hydrogens (tertiary/aromatic N) is 5. The average Bonchev–Trinajstić information content (AvgIpc) is 2.86. The highest BCUT2D eigenvalue weighted by atomic mass is 16.5. The van der Waals surface area contributed by atoms with Crippen LogP contribution in [-0.4, -0.2) is 51.3 Å². The van der Waals surface area contributed by atoms with Gasteiger partial charge in [0.1, 0.15) is 23.2 Å². The van der Waals surface area contributed by atoms with E-state index >= 15 is 0 Å². The average molecular weight is 371 g/mol. The summed E-state index contributed by atoms with van der Waals surface area (Å²) >= 11 is 0. The first-order valence-electron chi connectivity index (χ1n) is 8.42. The van der Waals surface area contributed by atoms with Crippen molar-refractivity contribution in [3.63, 3.8) is 0 Å². The second-order valence-electron chi connectivity index (χ2n) is 6.70. The van der Waals surface area contributed by atoms with Gasteiger partial charge in [0.15, 0.2) is 0 Å². The number of imide groups is 2. The third-order valence-electron chi connectivity index (χ3n) is 5.31. The summed E-state index contributed by atoms with van der Waals surface area (Å²) in [5, 5.41) is 12.9. The lowest BCUT2D eigenvalue weighted by atomic mass is 9.83. The first-order chi connectivity index (χ1) is 12.7. The number of hydrogen-bond donors (Lipinski definition) is 0. The van der Waals surface area contributed by atoms with Gasteiger partial charge in [-0.2, -0.15) is 0 Å². The Morgan fingerprint density at radius 2 is 1.70 bits per heavy atom. The second kappa shape index (κ2) is 6.49. The first kappa shape index (κ1) is 18.6. The molecule has 0 aliphatic carbocycles. The SMILES string of the molecule is Cc1c(C)[n+]([O-])c([C@@H](c2cccnc2)C2C(=O)N(C)C(=O)N(C)C2=O)n1C. The number of imidazole rings is 1. The van der Waals surface area contributed by atoms with Crippen molar-refractivity contribution in [3.8, 4) is 0 Å². The molecule has 9 nitrogen and oxygen atoms in total. The molecule has 0 spiro atoms. The molecule has 4 amide bonds. The molecule has 142 valence electrons. The fourth-order valence-electron chi connectivity index (χ4n) is 3.48. The van der Waals surface area contributed by atoms with E-state index in [1.54, 1.807) is 43.8 Å². The highest BCUT2D eigenvalue weighted by molar-refractivity contribution is 6.16. The predicted molar refractivity (Wildman–Crippen MR) is 94.4 cm³/mol. The number of urea groups is 1. The molecule has 0 radical (unpaired) electrons. The van der Waals surface area contributed by atoms with Crippen LogP contribution in [-0.2, 0) is 16.6 Å². The Labute approximate surface area is 156 Å². The maximum absolute atomic E-state index is 12.9. The standard InChI is InChI=1S/C18H21N5O4/c1-10-11(2)23(27)15(20(10)3)13(12-7-6-8-19-9-12)14-16(24)21(4)18(26)22(5)17(14)25/h6-9,13-14H,1-5H3/t13-/m0/s1. The molecule has 2 aromatic heterocycles. The van der Waals surface area contributed by atoms with E-state index in [1.807, 2.05) is 0 Å². The zero-order chi connectivity index (χ0) is 20.0. The van der Waals surface area contributed by atoms with Crippen LogP contribution in [0.1, 0.15) is 28.7 Å². The van der Waals surface area contributed by atoms with Crippen molar-refractivity contribution < 1.29 is 19.1 Å². The molecule has 2 aromatic rings. The lowest BCUT2D eigenvalue weighted by Crippen LogP contribution is -2.59. The molecule has 1 aliphatic heterocycles. The van der Waals surface area contributed by atoms with E-state index in [0.29, 0.717) is 11.3 Å². The smallest absolute Gasteiger partial charge is 0.332 e. The van der Waals surface area contributed by atoms with E-state index in [4.69, 9.17) is 0 Å². The van der Waals surface area contributed by atoms with Crippen LogP contribution in [0.2, 0.25) is 0 Å². The lowest BCUT2D eigenvalue weighted by Gasteiger charge is -2.35. The minimum atomic E-state index is -1.24. The van der Waals surface area contributed by atoms with Gasteiger partial charge in [-0.25, -0.2) is 14.1 Å². The fourth-order valence-corrected chi connectivity index (χ4v) is 3.48. The van der Waals surface area contributed by atoms with Gasteiger partial charge in [0.05, 0.1) is 7.05 Å². The van der Waals surface area contributed by atoms with Crippen LogP contribution < -0.4 is 4.73 Å². The van der Waals surface area contributed by atoms with E-state index in [9.17, 15) is 19.6 Å². The van der Waals surface area contributed by atoms with Crippen LogP contribution in [0, 0.1) is 25.0 Å². The Hall–Kier alpha value is -3.23. The molecule has 1 fully saturated rings. The Morgan fingerprint density at radius 1 is 1.11 bits per heavy atom. The molecular formula is C18H21N5O4. The molecule has 3 rings (SSSR count). The molecule has 1 saturated heterocycles. The van der Waals surface area contributed by atoms with Crippen molar-refractivity contribution in [3.05, 3.63) is 52.5 Å². The summed E-state index contributed by atoms with van der Waals surface area (Å²) in [7, 11) is 4.37. The molecule has 0 saturated carbocycles. The highest BCUT2D eigenvalue weighted by Gasteiger charge is 2.51. The second-order valence-corrected chi connectivity index (χ2v) is 6.70. The van der Waals surface area contributed by atoms with Gasteiger partial charge in [0.2, 0.25) is 11.8 Å². The van der Waals surface area contributed by atoms with E-state index in [0.717, 1.165) is 20.2 Å². The third-order valence-corrected chi connectivity index (χ3v) is 5.31. The maximum atomic E-state index is 12.9. The summed E-state index contributed by atoms with van der Waals surface area (Å²) in [5.41, 5.74) is 1.75. The number of aromatic nitrogens is 3. The summed E-state index contributed by atoms with van der Waals surface area (Å²) < 4.78 is 2.42. The van der Waals surface area contributed by atoms with E-state index in [1.165, 1.54) is 20.3 Å². The molecule has 0 N–H and O–H groups in total.